The number of hydrogen-bond donors (Lipinski definition) is 1. The molecular weight excluding hydrogens is 290 g/mol. The van der Waals surface area contributed by atoms with Crippen LogP contribution in [-0.4, -0.2) is 61.0 Å². The molecule has 2 fully saturated rings. The Balaban J connectivity index is 1.80. The molecule has 0 saturated carbocycles. The third kappa shape index (κ3) is 5.98. The predicted molar refractivity (Wildman–Crippen MR) is 90.0 cm³/mol. The largest absolute Gasteiger partial charge is 0.380 e. The molecule has 116 valence electrons. The first-order valence-corrected chi connectivity index (χ1v) is 9.81. The minimum atomic E-state index is 0.289. The Kier molecular flexibility index (Phi) is 7.81. The Morgan fingerprint density at radius 1 is 1.30 bits per heavy atom. The lowest BCUT2D eigenvalue weighted by molar-refractivity contribution is -0.0495. The van der Waals surface area contributed by atoms with Crippen molar-refractivity contribution in [2.45, 2.75) is 38.5 Å². The number of rotatable bonds is 5. The van der Waals surface area contributed by atoms with Crippen LogP contribution < -0.4 is 5.32 Å². The standard InChI is InChI=1S/C15H27NO2S2/c1-12(2)3-6-18-15-4-5-17-9-14(15)16-13-10-19-7-8-20-11-13/h3,13-16H,4-11H2,1-2H3/t14-,15+/m0/s1. The Labute approximate surface area is 131 Å². The van der Waals surface area contributed by atoms with Crippen molar-refractivity contribution in [3.05, 3.63) is 11.6 Å². The molecule has 0 amide bonds. The zero-order chi connectivity index (χ0) is 14.2. The smallest absolute Gasteiger partial charge is 0.0776 e. The molecule has 0 aliphatic carbocycles. The third-order valence-corrected chi connectivity index (χ3v) is 6.07. The summed E-state index contributed by atoms with van der Waals surface area (Å²) >= 11 is 4.12. The van der Waals surface area contributed by atoms with Crippen LogP contribution >= 0.6 is 23.5 Å². The highest BCUT2D eigenvalue weighted by Crippen LogP contribution is 2.19. The molecule has 0 aromatic carbocycles. The molecule has 0 bridgehead atoms. The van der Waals surface area contributed by atoms with E-state index in [-0.39, 0.29) is 6.10 Å². The van der Waals surface area contributed by atoms with Crippen molar-refractivity contribution in [2.24, 2.45) is 0 Å². The lowest BCUT2D eigenvalue weighted by atomic mass is 10.1. The molecule has 1 N–H and O–H groups in total. The lowest BCUT2D eigenvalue weighted by Crippen LogP contribution is -2.53. The maximum absolute atomic E-state index is 6.05. The second kappa shape index (κ2) is 9.36. The van der Waals surface area contributed by atoms with Crippen LogP contribution in [0.15, 0.2) is 11.6 Å². The van der Waals surface area contributed by atoms with Crippen molar-refractivity contribution < 1.29 is 9.47 Å². The van der Waals surface area contributed by atoms with Gasteiger partial charge in [0.05, 0.1) is 25.4 Å². The maximum Gasteiger partial charge on any atom is 0.0776 e. The summed E-state index contributed by atoms with van der Waals surface area (Å²) in [4.78, 5) is 0. The van der Waals surface area contributed by atoms with Crippen LogP contribution in [0, 0.1) is 0 Å². The van der Waals surface area contributed by atoms with E-state index in [2.05, 4.69) is 48.8 Å². The van der Waals surface area contributed by atoms with Gasteiger partial charge in [0.2, 0.25) is 0 Å². The summed E-state index contributed by atoms with van der Waals surface area (Å²) in [6.45, 7) is 6.56. The van der Waals surface area contributed by atoms with E-state index in [0.29, 0.717) is 12.1 Å². The van der Waals surface area contributed by atoms with Crippen molar-refractivity contribution >= 4 is 23.5 Å². The van der Waals surface area contributed by atoms with Gasteiger partial charge in [-0.1, -0.05) is 11.6 Å². The summed E-state index contributed by atoms with van der Waals surface area (Å²) < 4.78 is 11.7. The van der Waals surface area contributed by atoms with E-state index in [1.165, 1.54) is 28.6 Å². The number of thioether (sulfide) groups is 2. The molecule has 0 spiro atoms. The van der Waals surface area contributed by atoms with Gasteiger partial charge < -0.3 is 14.8 Å². The van der Waals surface area contributed by atoms with Gasteiger partial charge in [-0.25, -0.2) is 0 Å². The third-order valence-electron chi connectivity index (χ3n) is 3.55. The summed E-state index contributed by atoms with van der Waals surface area (Å²) in [7, 11) is 0. The summed E-state index contributed by atoms with van der Waals surface area (Å²) in [5, 5.41) is 3.77. The lowest BCUT2D eigenvalue weighted by Gasteiger charge is -2.34. The fourth-order valence-corrected chi connectivity index (χ4v) is 4.85. The molecule has 0 unspecified atom stereocenters. The fraction of sp³-hybridized carbons (Fsp3) is 0.867. The van der Waals surface area contributed by atoms with E-state index < -0.39 is 0 Å². The summed E-state index contributed by atoms with van der Waals surface area (Å²) in [6, 6.07) is 0.937. The van der Waals surface area contributed by atoms with Gasteiger partial charge in [0.1, 0.15) is 0 Å². The molecule has 2 rings (SSSR count). The molecule has 20 heavy (non-hydrogen) atoms. The van der Waals surface area contributed by atoms with Crippen LogP contribution in [0.1, 0.15) is 20.3 Å². The Bertz CT molecular complexity index is 300. The molecule has 3 nitrogen and oxygen atoms in total. The van der Waals surface area contributed by atoms with Gasteiger partial charge in [-0.3, -0.25) is 0 Å². The predicted octanol–water partition coefficient (Wildman–Crippen LogP) is 2.56. The summed E-state index contributed by atoms with van der Waals surface area (Å²) in [6.07, 6.45) is 3.45. The van der Waals surface area contributed by atoms with Gasteiger partial charge in [0.25, 0.3) is 0 Å². The van der Waals surface area contributed by atoms with Gasteiger partial charge >= 0.3 is 0 Å². The minimum absolute atomic E-state index is 0.289. The van der Waals surface area contributed by atoms with E-state index in [4.69, 9.17) is 9.47 Å². The first kappa shape index (κ1) is 16.7. The van der Waals surface area contributed by atoms with Crippen molar-refractivity contribution in [2.75, 3.05) is 42.8 Å². The van der Waals surface area contributed by atoms with Crippen LogP contribution in [0.5, 0.6) is 0 Å². The summed E-state index contributed by atoms with van der Waals surface area (Å²) in [5.41, 5.74) is 1.32. The Morgan fingerprint density at radius 2 is 2.05 bits per heavy atom. The highest BCUT2D eigenvalue weighted by atomic mass is 32.2. The van der Waals surface area contributed by atoms with Gasteiger partial charge in [-0.15, -0.1) is 0 Å². The number of ether oxygens (including phenoxy) is 2. The quantitative estimate of drug-likeness (QED) is 0.788. The Morgan fingerprint density at radius 3 is 2.75 bits per heavy atom. The molecule has 2 aliphatic rings. The topological polar surface area (TPSA) is 30.5 Å². The summed E-state index contributed by atoms with van der Waals surface area (Å²) in [5.74, 6) is 4.99. The molecule has 2 heterocycles. The maximum atomic E-state index is 6.05. The van der Waals surface area contributed by atoms with E-state index >= 15 is 0 Å². The van der Waals surface area contributed by atoms with E-state index in [0.717, 1.165) is 26.2 Å². The highest BCUT2D eigenvalue weighted by molar-refractivity contribution is 8.03. The second-order valence-electron chi connectivity index (χ2n) is 5.64. The average Bonchev–Trinajstić information content (AvgIpc) is 2.69. The van der Waals surface area contributed by atoms with Gasteiger partial charge in [-0.2, -0.15) is 23.5 Å². The van der Waals surface area contributed by atoms with Crippen molar-refractivity contribution in [3.8, 4) is 0 Å². The first-order chi connectivity index (χ1) is 9.75. The molecule has 2 atom stereocenters. The zero-order valence-corrected chi connectivity index (χ0v) is 14.2. The molecule has 2 aliphatic heterocycles. The molecule has 0 aromatic rings. The molecule has 2 saturated heterocycles. The molecule has 0 radical (unpaired) electrons. The number of allylic oxidation sites excluding steroid dienone is 1. The van der Waals surface area contributed by atoms with Crippen molar-refractivity contribution in [1.82, 2.24) is 5.32 Å². The number of hydrogen-bond acceptors (Lipinski definition) is 5. The van der Waals surface area contributed by atoms with Crippen LogP contribution in [0.4, 0.5) is 0 Å². The molecule has 5 heteroatoms. The van der Waals surface area contributed by atoms with Crippen LogP contribution in [-0.2, 0) is 9.47 Å². The van der Waals surface area contributed by atoms with Crippen molar-refractivity contribution in [1.29, 1.82) is 0 Å². The Hall–Kier alpha value is 0.320. The van der Waals surface area contributed by atoms with E-state index in [1.54, 1.807) is 0 Å². The number of nitrogens with one attached hydrogen (secondary N) is 1. The van der Waals surface area contributed by atoms with E-state index in [1.807, 2.05) is 0 Å². The van der Waals surface area contributed by atoms with Gasteiger partial charge in [-0.05, 0) is 20.3 Å². The fourth-order valence-electron chi connectivity index (χ4n) is 2.43. The van der Waals surface area contributed by atoms with Gasteiger partial charge in [0, 0.05) is 35.7 Å². The average molecular weight is 318 g/mol. The van der Waals surface area contributed by atoms with E-state index in [9.17, 15) is 0 Å². The molecule has 0 aromatic heterocycles. The van der Waals surface area contributed by atoms with Crippen LogP contribution in [0.3, 0.4) is 0 Å². The monoisotopic (exact) mass is 317 g/mol. The molecular formula is C15H27NO2S2. The van der Waals surface area contributed by atoms with Crippen LogP contribution in [0.25, 0.3) is 0 Å². The van der Waals surface area contributed by atoms with Crippen molar-refractivity contribution in [3.63, 3.8) is 0 Å². The van der Waals surface area contributed by atoms with Gasteiger partial charge in [0.15, 0.2) is 0 Å². The SMILES string of the molecule is CC(C)=CCO[C@@H]1CCOC[C@@H]1NC1CSCCSC1. The second-order valence-corrected chi connectivity index (χ2v) is 7.94. The zero-order valence-electron chi connectivity index (χ0n) is 12.6. The van der Waals surface area contributed by atoms with Crippen LogP contribution in [0.2, 0.25) is 0 Å². The normalized spacial score (nSPS) is 28.9. The first-order valence-electron chi connectivity index (χ1n) is 7.50. The minimum Gasteiger partial charge on any atom is -0.380 e. The highest BCUT2D eigenvalue weighted by Gasteiger charge is 2.28.